The van der Waals surface area contributed by atoms with E-state index in [0.29, 0.717) is 12.5 Å². The SMILES string of the molecule is OCCC1CC2CCCCN2c2ccccc21. The maximum atomic E-state index is 9.23. The van der Waals surface area contributed by atoms with Gasteiger partial charge in [0.15, 0.2) is 0 Å². The van der Waals surface area contributed by atoms with E-state index in [2.05, 4.69) is 29.2 Å². The van der Waals surface area contributed by atoms with Crippen LogP contribution in [0.2, 0.25) is 0 Å². The summed E-state index contributed by atoms with van der Waals surface area (Å²) >= 11 is 0. The Hall–Kier alpha value is -1.02. The molecule has 0 bridgehead atoms. The van der Waals surface area contributed by atoms with Gasteiger partial charge in [-0.2, -0.15) is 0 Å². The molecule has 2 nitrogen and oxygen atoms in total. The van der Waals surface area contributed by atoms with E-state index in [-0.39, 0.29) is 0 Å². The Labute approximate surface area is 103 Å². The summed E-state index contributed by atoms with van der Waals surface area (Å²) in [7, 11) is 0. The standard InChI is InChI=1S/C15H21NO/c17-10-8-12-11-13-5-3-4-9-16(13)15-7-2-1-6-14(12)15/h1-2,6-7,12-13,17H,3-5,8-11H2. The van der Waals surface area contributed by atoms with Gasteiger partial charge >= 0.3 is 0 Å². The molecule has 92 valence electrons. The summed E-state index contributed by atoms with van der Waals surface area (Å²) in [5.41, 5.74) is 2.89. The summed E-state index contributed by atoms with van der Waals surface area (Å²) < 4.78 is 0. The highest BCUT2D eigenvalue weighted by Gasteiger charge is 2.33. The highest BCUT2D eigenvalue weighted by Crippen LogP contribution is 2.42. The fourth-order valence-electron chi connectivity index (χ4n) is 3.54. The first-order valence-electron chi connectivity index (χ1n) is 6.86. The number of anilines is 1. The molecule has 1 aromatic rings. The number of rotatable bonds is 2. The summed E-state index contributed by atoms with van der Waals surface area (Å²) in [6.07, 6.45) is 6.18. The van der Waals surface area contributed by atoms with E-state index in [1.165, 1.54) is 43.5 Å². The normalized spacial score (nSPS) is 27.5. The predicted octanol–water partition coefficient (Wildman–Crippen LogP) is 2.92. The van der Waals surface area contributed by atoms with Crippen LogP contribution in [0.15, 0.2) is 24.3 Å². The first-order valence-corrected chi connectivity index (χ1v) is 6.86. The zero-order valence-corrected chi connectivity index (χ0v) is 10.3. The van der Waals surface area contributed by atoms with Crippen LogP contribution in [0.5, 0.6) is 0 Å². The van der Waals surface area contributed by atoms with Gasteiger partial charge in [0, 0.05) is 24.9 Å². The number of benzene rings is 1. The lowest BCUT2D eigenvalue weighted by atomic mass is 9.80. The van der Waals surface area contributed by atoms with Crippen molar-refractivity contribution in [1.82, 2.24) is 0 Å². The van der Waals surface area contributed by atoms with E-state index in [1.807, 2.05) is 0 Å². The zero-order chi connectivity index (χ0) is 11.7. The van der Waals surface area contributed by atoms with E-state index >= 15 is 0 Å². The van der Waals surface area contributed by atoms with Crippen LogP contribution in [0.3, 0.4) is 0 Å². The lowest BCUT2D eigenvalue weighted by molar-refractivity contribution is 0.262. The summed E-state index contributed by atoms with van der Waals surface area (Å²) in [4.78, 5) is 2.60. The molecule has 2 aliphatic rings. The highest BCUT2D eigenvalue weighted by atomic mass is 16.3. The van der Waals surface area contributed by atoms with Crippen molar-refractivity contribution >= 4 is 5.69 Å². The number of aliphatic hydroxyl groups is 1. The van der Waals surface area contributed by atoms with Crippen LogP contribution in [-0.2, 0) is 0 Å². The number of aliphatic hydroxyl groups excluding tert-OH is 1. The maximum Gasteiger partial charge on any atom is 0.0436 e. The molecule has 1 saturated heterocycles. The van der Waals surface area contributed by atoms with E-state index in [0.717, 1.165) is 12.5 Å². The Bertz CT molecular complexity index is 390. The van der Waals surface area contributed by atoms with Gasteiger partial charge in [0.05, 0.1) is 0 Å². The molecule has 17 heavy (non-hydrogen) atoms. The fourth-order valence-corrected chi connectivity index (χ4v) is 3.54. The van der Waals surface area contributed by atoms with E-state index < -0.39 is 0 Å². The van der Waals surface area contributed by atoms with E-state index in [9.17, 15) is 5.11 Å². The first-order chi connectivity index (χ1) is 8.40. The average Bonchev–Trinajstić information content (AvgIpc) is 2.39. The molecule has 1 N–H and O–H groups in total. The summed E-state index contributed by atoms with van der Waals surface area (Å²) in [6.45, 7) is 1.53. The van der Waals surface area contributed by atoms with Gasteiger partial charge in [0.1, 0.15) is 0 Å². The van der Waals surface area contributed by atoms with E-state index in [4.69, 9.17) is 0 Å². The molecule has 3 rings (SSSR count). The number of fused-ring (bicyclic) bond motifs is 3. The molecule has 2 aliphatic heterocycles. The first kappa shape index (κ1) is 11.1. The second kappa shape index (κ2) is 4.69. The van der Waals surface area contributed by atoms with Crippen molar-refractivity contribution in [1.29, 1.82) is 0 Å². The van der Waals surface area contributed by atoms with Gasteiger partial charge in [-0.3, -0.25) is 0 Å². The molecule has 2 unspecified atom stereocenters. The van der Waals surface area contributed by atoms with Crippen molar-refractivity contribution < 1.29 is 5.11 Å². The Balaban J connectivity index is 1.96. The molecule has 0 aliphatic carbocycles. The molecule has 2 heterocycles. The summed E-state index contributed by atoms with van der Waals surface area (Å²) in [5.74, 6) is 0.565. The Kier molecular flexibility index (Phi) is 3.06. The molecule has 0 saturated carbocycles. The van der Waals surface area contributed by atoms with Crippen molar-refractivity contribution in [2.24, 2.45) is 0 Å². The number of para-hydroxylation sites is 1. The van der Waals surface area contributed by atoms with Gasteiger partial charge in [-0.15, -0.1) is 0 Å². The smallest absolute Gasteiger partial charge is 0.0436 e. The Morgan fingerprint density at radius 2 is 2.12 bits per heavy atom. The average molecular weight is 231 g/mol. The molecular formula is C15H21NO. The monoisotopic (exact) mass is 231 g/mol. The number of nitrogens with zero attached hydrogens (tertiary/aromatic N) is 1. The number of piperidine rings is 1. The third kappa shape index (κ3) is 1.95. The van der Waals surface area contributed by atoms with Gasteiger partial charge in [-0.05, 0) is 49.7 Å². The third-order valence-corrected chi connectivity index (χ3v) is 4.35. The van der Waals surface area contributed by atoms with Gasteiger partial charge in [-0.1, -0.05) is 18.2 Å². The molecule has 0 spiro atoms. The topological polar surface area (TPSA) is 23.5 Å². The van der Waals surface area contributed by atoms with Crippen molar-refractivity contribution in [2.75, 3.05) is 18.1 Å². The largest absolute Gasteiger partial charge is 0.396 e. The molecule has 1 fully saturated rings. The lowest BCUT2D eigenvalue weighted by Gasteiger charge is -2.45. The van der Waals surface area contributed by atoms with Crippen LogP contribution in [0, 0.1) is 0 Å². The van der Waals surface area contributed by atoms with Gasteiger partial charge in [0.2, 0.25) is 0 Å². The third-order valence-electron chi connectivity index (χ3n) is 4.35. The van der Waals surface area contributed by atoms with Crippen LogP contribution in [0.4, 0.5) is 5.69 Å². The molecular weight excluding hydrogens is 210 g/mol. The molecule has 2 heteroatoms. The van der Waals surface area contributed by atoms with Crippen LogP contribution >= 0.6 is 0 Å². The molecule has 2 atom stereocenters. The van der Waals surface area contributed by atoms with Crippen LogP contribution in [-0.4, -0.2) is 24.3 Å². The molecule has 0 radical (unpaired) electrons. The van der Waals surface area contributed by atoms with Crippen molar-refractivity contribution in [3.8, 4) is 0 Å². The van der Waals surface area contributed by atoms with Gasteiger partial charge in [0.25, 0.3) is 0 Å². The second-order valence-electron chi connectivity index (χ2n) is 5.35. The number of hydrogen-bond donors (Lipinski definition) is 1. The van der Waals surface area contributed by atoms with Crippen molar-refractivity contribution in [3.05, 3.63) is 29.8 Å². The minimum absolute atomic E-state index is 0.311. The van der Waals surface area contributed by atoms with E-state index in [1.54, 1.807) is 0 Å². The highest BCUT2D eigenvalue weighted by molar-refractivity contribution is 5.58. The lowest BCUT2D eigenvalue weighted by Crippen LogP contribution is -2.44. The molecule has 1 aromatic carbocycles. The minimum Gasteiger partial charge on any atom is -0.396 e. The Morgan fingerprint density at radius 3 is 3.00 bits per heavy atom. The summed E-state index contributed by atoms with van der Waals surface area (Å²) in [6, 6.07) is 9.51. The van der Waals surface area contributed by atoms with Crippen molar-refractivity contribution in [2.45, 2.75) is 44.1 Å². The molecule has 0 amide bonds. The second-order valence-corrected chi connectivity index (χ2v) is 5.35. The van der Waals surface area contributed by atoms with Crippen molar-refractivity contribution in [3.63, 3.8) is 0 Å². The van der Waals surface area contributed by atoms with Crippen LogP contribution < -0.4 is 4.90 Å². The predicted molar refractivity (Wildman–Crippen MR) is 70.5 cm³/mol. The quantitative estimate of drug-likeness (QED) is 0.846. The van der Waals surface area contributed by atoms with Crippen LogP contribution in [0.25, 0.3) is 0 Å². The maximum absolute atomic E-state index is 9.23. The van der Waals surface area contributed by atoms with Gasteiger partial charge in [-0.25, -0.2) is 0 Å². The summed E-state index contributed by atoms with van der Waals surface area (Å²) in [5, 5.41) is 9.23. The Morgan fingerprint density at radius 1 is 1.24 bits per heavy atom. The zero-order valence-electron chi connectivity index (χ0n) is 10.3. The number of hydrogen-bond acceptors (Lipinski definition) is 2. The van der Waals surface area contributed by atoms with Gasteiger partial charge < -0.3 is 10.0 Å². The van der Waals surface area contributed by atoms with Crippen LogP contribution in [0.1, 0.15) is 43.6 Å². The minimum atomic E-state index is 0.311. The fraction of sp³-hybridized carbons (Fsp3) is 0.600. The molecule has 0 aromatic heterocycles.